The number of benzene rings is 1. The Hall–Kier alpha value is -2.57. The molecule has 0 aliphatic carbocycles. The zero-order chi connectivity index (χ0) is 18.4. The molecule has 25 heavy (non-hydrogen) atoms. The minimum atomic E-state index is -0.731. The van der Waals surface area contributed by atoms with Crippen LogP contribution in [-0.2, 0) is 4.74 Å². The summed E-state index contributed by atoms with van der Waals surface area (Å²) in [6.45, 7) is 3.01. The van der Waals surface area contributed by atoms with Gasteiger partial charge in [0.05, 0.1) is 18.7 Å². The van der Waals surface area contributed by atoms with Gasteiger partial charge in [0, 0.05) is 11.4 Å². The fourth-order valence-corrected chi connectivity index (χ4v) is 2.60. The summed E-state index contributed by atoms with van der Waals surface area (Å²) < 4.78 is 32.7. The molecule has 1 aliphatic heterocycles. The lowest BCUT2D eigenvalue weighted by Gasteiger charge is -2.16. The van der Waals surface area contributed by atoms with Crippen molar-refractivity contribution in [2.45, 2.75) is 26.2 Å². The van der Waals surface area contributed by atoms with Crippen LogP contribution >= 0.6 is 0 Å². The number of nitrogens with zero attached hydrogens (tertiary/aromatic N) is 1. The van der Waals surface area contributed by atoms with E-state index in [0.717, 1.165) is 25.0 Å². The summed E-state index contributed by atoms with van der Waals surface area (Å²) in [6.07, 6.45) is 3.43. The number of hydrogen-bond acceptors (Lipinski definition) is 4. The summed E-state index contributed by atoms with van der Waals surface area (Å²) in [7, 11) is 0. The Balaban J connectivity index is 2.32. The molecule has 0 spiro atoms. The lowest BCUT2D eigenvalue weighted by atomic mass is 10.0. The number of nitrogens with two attached hydrogens (primary N) is 2. The Bertz CT molecular complexity index is 681. The van der Waals surface area contributed by atoms with Crippen molar-refractivity contribution >= 4 is 11.8 Å². The highest BCUT2D eigenvalue weighted by Crippen LogP contribution is 2.22. The van der Waals surface area contributed by atoms with E-state index in [4.69, 9.17) is 16.2 Å². The summed E-state index contributed by atoms with van der Waals surface area (Å²) in [5.74, 6) is -1.46. The van der Waals surface area contributed by atoms with Crippen molar-refractivity contribution in [1.29, 1.82) is 0 Å². The molecule has 4 N–H and O–H groups in total. The lowest BCUT2D eigenvalue weighted by Crippen LogP contribution is -2.29. The molecule has 1 amide bonds. The topological polar surface area (TPSA) is 81.6 Å². The first-order valence-corrected chi connectivity index (χ1v) is 8.24. The van der Waals surface area contributed by atoms with Crippen LogP contribution in [-0.4, -0.2) is 30.7 Å². The lowest BCUT2D eigenvalue weighted by molar-refractivity contribution is 0.160. The fourth-order valence-electron chi connectivity index (χ4n) is 2.60. The van der Waals surface area contributed by atoms with Gasteiger partial charge in [0.2, 0.25) is 0 Å². The van der Waals surface area contributed by atoms with Crippen molar-refractivity contribution in [2.24, 2.45) is 11.5 Å². The van der Waals surface area contributed by atoms with Gasteiger partial charge in [0.25, 0.3) is 0 Å². The SMILES string of the molecule is CCCCC(/C=C(\N)c1c(F)cccc1F)=C(/N)CN1CCOC1=O. The molecule has 0 saturated carbocycles. The molecule has 1 aromatic carbocycles. The molecule has 0 aromatic heterocycles. The van der Waals surface area contributed by atoms with Gasteiger partial charge in [-0.15, -0.1) is 0 Å². The van der Waals surface area contributed by atoms with Gasteiger partial charge in [0.15, 0.2) is 0 Å². The average molecular weight is 351 g/mol. The van der Waals surface area contributed by atoms with E-state index < -0.39 is 17.7 Å². The van der Waals surface area contributed by atoms with Crippen LogP contribution in [0, 0.1) is 11.6 Å². The molecule has 1 aromatic rings. The average Bonchev–Trinajstić information content (AvgIpc) is 2.96. The number of halogens is 2. The Morgan fingerprint density at radius 1 is 1.32 bits per heavy atom. The molecule has 0 bridgehead atoms. The van der Waals surface area contributed by atoms with E-state index in [9.17, 15) is 13.6 Å². The van der Waals surface area contributed by atoms with Gasteiger partial charge >= 0.3 is 6.09 Å². The van der Waals surface area contributed by atoms with Crippen LogP contribution in [0.1, 0.15) is 31.7 Å². The standard InChI is InChI=1S/C18H23F2N3O2/c1-2-3-5-12(16(22)11-23-8-9-25-18(23)24)10-15(21)17-13(19)6-4-7-14(17)20/h4,6-7,10H,2-3,5,8-9,11,21-22H2,1H3/b15-10-,16-12-. The van der Waals surface area contributed by atoms with Crippen molar-refractivity contribution in [1.82, 2.24) is 4.90 Å². The van der Waals surface area contributed by atoms with E-state index in [1.807, 2.05) is 6.92 Å². The first-order valence-electron chi connectivity index (χ1n) is 8.24. The second-order valence-electron chi connectivity index (χ2n) is 5.89. The third-order valence-corrected chi connectivity index (χ3v) is 4.00. The second kappa shape index (κ2) is 8.50. The van der Waals surface area contributed by atoms with Crippen LogP contribution in [0.5, 0.6) is 0 Å². The number of rotatable bonds is 7. The Labute approximate surface area is 145 Å². The molecule has 1 aliphatic rings. The van der Waals surface area contributed by atoms with E-state index in [-0.39, 0.29) is 17.8 Å². The van der Waals surface area contributed by atoms with Gasteiger partial charge in [-0.3, -0.25) is 4.90 Å². The van der Waals surface area contributed by atoms with Crippen LogP contribution in [0.2, 0.25) is 0 Å². The van der Waals surface area contributed by atoms with E-state index in [2.05, 4.69) is 0 Å². The maximum Gasteiger partial charge on any atom is 0.410 e. The zero-order valence-corrected chi connectivity index (χ0v) is 14.2. The van der Waals surface area contributed by atoms with E-state index >= 15 is 0 Å². The third-order valence-electron chi connectivity index (χ3n) is 4.00. The Morgan fingerprint density at radius 2 is 2.00 bits per heavy atom. The number of unbranched alkanes of at least 4 members (excludes halogenated alkanes) is 1. The van der Waals surface area contributed by atoms with E-state index in [0.29, 0.717) is 30.8 Å². The van der Waals surface area contributed by atoms with Crippen molar-refractivity contribution in [3.05, 3.63) is 52.7 Å². The Morgan fingerprint density at radius 3 is 2.56 bits per heavy atom. The minimum Gasteiger partial charge on any atom is -0.448 e. The number of carbonyl (C=O) groups is 1. The normalized spacial score (nSPS) is 16.0. The second-order valence-corrected chi connectivity index (χ2v) is 5.89. The molecule has 1 saturated heterocycles. The first kappa shape index (κ1) is 18.8. The molecule has 0 unspecified atom stereocenters. The molecule has 136 valence electrons. The van der Waals surface area contributed by atoms with Crippen LogP contribution in [0.3, 0.4) is 0 Å². The van der Waals surface area contributed by atoms with Gasteiger partial charge in [-0.05, 0) is 36.6 Å². The monoisotopic (exact) mass is 351 g/mol. The number of carbonyl (C=O) groups excluding carboxylic acids is 1. The van der Waals surface area contributed by atoms with Crippen LogP contribution in [0.25, 0.3) is 5.70 Å². The summed E-state index contributed by atoms with van der Waals surface area (Å²) >= 11 is 0. The molecule has 5 nitrogen and oxygen atoms in total. The molecule has 1 heterocycles. The van der Waals surface area contributed by atoms with Crippen molar-refractivity contribution in [3.63, 3.8) is 0 Å². The van der Waals surface area contributed by atoms with E-state index in [1.165, 1.54) is 17.0 Å². The first-order chi connectivity index (χ1) is 11.9. The predicted octanol–water partition coefficient (Wildman–Crippen LogP) is 3.12. The van der Waals surface area contributed by atoms with Crippen molar-refractivity contribution < 1.29 is 18.3 Å². The number of ether oxygens (including phenoxy) is 1. The highest BCUT2D eigenvalue weighted by Gasteiger charge is 2.23. The molecule has 2 rings (SSSR count). The predicted molar refractivity (Wildman–Crippen MR) is 92.2 cm³/mol. The third kappa shape index (κ3) is 4.71. The van der Waals surface area contributed by atoms with Crippen LogP contribution in [0.4, 0.5) is 13.6 Å². The molecule has 7 heteroatoms. The molecule has 0 radical (unpaired) electrons. The van der Waals surface area contributed by atoms with E-state index in [1.54, 1.807) is 0 Å². The maximum absolute atomic E-state index is 13.9. The fraction of sp³-hybridized carbons (Fsp3) is 0.389. The van der Waals surface area contributed by atoms with Gasteiger partial charge in [-0.1, -0.05) is 19.4 Å². The van der Waals surface area contributed by atoms with Gasteiger partial charge in [0.1, 0.15) is 18.2 Å². The summed E-state index contributed by atoms with van der Waals surface area (Å²) in [6, 6.07) is 3.58. The Kier molecular flexibility index (Phi) is 6.38. The number of allylic oxidation sites excluding steroid dienone is 2. The summed E-state index contributed by atoms with van der Waals surface area (Å²) in [5.41, 5.74) is 12.9. The summed E-state index contributed by atoms with van der Waals surface area (Å²) in [4.78, 5) is 13.0. The molecule has 0 atom stereocenters. The van der Waals surface area contributed by atoms with Crippen LogP contribution in [0.15, 0.2) is 35.5 Å². The van der Waals surface area contributed by atoms with Gasteiger partial charge in [-0.25, -0.2) is 13.6 Å². The van der Waals surface area contributed by atoms with Crippen LogP contribution < -0.4 is 11.5 Å². The van der Waals surface area contributed by atoms with Crippen molar-refractivity contribution in [2.75, 3.05) is 19.7 Å². The van der Waals surface area contributed by atoms with Gasteiger partial charge in [-0.2, -0.15) is 0 Å². The number of cyclic esters (lactones) is 1. The minimum absolute atomic E-state index is 0.0337. The zero-order valence-electron chi connectivity index (χ0n) is 14.2. The number of amides is 1. The van der Waals surface area contributed by atoms with Gasteiger partial charge < -0.3 is 16.2 Å². The van der Waals surface area contributed by atoms with Crippen molar-refractivity contribution in [3.8, 4) is 0 Å². The highest BCUT2D eigenvalue weighted by atomic mass is 19.1. The molecular weight excluding hydrogens is 328 g/mol. The number of hydrogen-bond donors (Lipinski definition) is 2. The maximum atomic E-state index is 13.9. The quantitative estimate of drug-likeness (QED) is 0.740. The molecular formula is C18H23F2N3O2. The smallest absolute Gasteiger partial charge is 0.410 e. The summed E-state index contributed by atoms with van der Waals surface area (Å²) in [5, 5.41) is 0. The largest absolute Gasteiger partial charge is 0.448 e. The highest BCUT2D eigenvalue weighted by molar-refractivity contribution is 5.70. The molecule has 1 fully saturated rings.